The van der Waals surface area contributed by atoms with Crippen molar-refractivity contribution < 1.29 is 4.79 Å². The topological polar surface area (TPSA) is 23.6 Å². The van der Waals surface area contributed by atoms with Gasteiger partial charge in [-0.2, -0.15) is 0 Å². The highest BCUT2D eigenvalue weighted by molar-refractivity contribution is 6.01. The summed E-state index contributed by atoms with van der Waals surface area (Å²) in [5.74, 6) is 1.24. The number of piperidine rings is 1. The van der Waals surface area contributed by atoms with Crippen molar-refractivity contribution in [3.05, 3.63) is 29.8 Å². The monoisotopic (exact) mass is 358 g/mol. The summed E-state index contributed by atoms with van der Waals surface area (Å²) in [6.07, 6.45) is 8.43. The number of hydrogen-bond donors (Lipinski definition) is 0. The van der Waals surface area contributed by atoms with Crippen LogP contribution in [-0.2, 0) is 0 Å². The largest absolute Gasteiger partial charge is 0.372 e. The predicted octanol–water partition coefficient (Wildman–Crippen LogP) is 5.40. The second kappa shape index (κ2) is 11.4. The number of rotatable bonds is 11. The number of nitrogens with zero attached hydrogens (tertiary/aromatic N) is 2. The first kappa shape index (κ1) is 21.0. The van der Waals surface area contributed by atoms with Crippen molar-refractivity contribution in [2.45, 2.75) is 65.7 Å². The van der Waals surface area contributed by atoms with Crippen LogP contribution in [0.15, 0.2) is 24.3 Å². The Balaban J connectivity index is 1.78. The molecule has 0 bridgehead atoms. The van der Waals surface area contributed by atoms with Crippen LogP contribution in [0.2, 0.25) is 0 Å². The number of carbonyl (C=O) groups excluding carboxylic acids is 1. The molecule has 146 valence electrons. The molecular weight excluding hydrogens is 320 g/mol. The van der Waals surface area contributed by atoms with Crippen LogP contribution in [0, 0.1) is 5.92 Å². The number of ketones is 1. The zero-order chi connectivity index (χ0) is 18.8. The Morgan fingerprint density at radius 2 is 1.77 bits per heavy atom. The molecule has 1 aliphatic rings. The molecule has 0 aliphatic carbocycles. The standard InChI is InChI=1S/C23H38N2O/c1-4-7-11-20-15-18-24(19-16-20)17-10-14-23(26)21-12-8-9-13-22(21)25(5-2)6-3/h8-9,12-13,20H,4-7,10-11,14-19H2,1-3H3. The second-order valence-corrected chi connectivity index (χ2v) is 7.64. The first-order valence-electron chi connectivity index (χ1n) is 10.8. The normalized spacial score (nSPS) is 16.0. The van der Waals surface area contributed by atoms with Gasteiger partial charge in [0.15, 0.2) is 5.78 Å². The zero-order valence-corrected chi connectivity index (χ0v) is 17.2. The predicted molar refractivity (Wildman–Crippen MR) is 112 cm³/mol. The molecule has 1 heterocycles. The summed E-state index contributed by atoms with van der Waals surface area (Å²) in [6.45, 7) is 12.0. The number of para-hydroxylation sites is 1. The third-order valence-corrected chi connectivity index (χ3v) is 5.86. The smallest absolute Gasteiger partial charge is 0.165 e. The Morgan fingerprint density at radius 1 is 1.08 bits per heavy atom. The van der Waals surface area contributed by atoms with Crippen LogP contribution >= 0.6 is 0 Å². The molecule has 0 N–H and O–H groups in total. The summed E-state index contributed by atoms with van der Waals surface area (Å²) < 4.78 is 0. The summed E-state index contributed by atoms with van der Waals surface area (Å²) in [7, 11) is 0. The Morgan fingerprint density at radius 3 is 2.42 bits per heavy atom. The molecule has 0 saturated carbocycles. The van der Waals surface area contributed by atoms with Gasteiger partial charge >= 0.3 is 0 Å². The summed E-state index contributed by atoms with van der Waals surface area (Å²) in [5, 5.41) is 0. The van der Waals surface area contributed by atoms with Crippen LogP contribution in [0.3, 0.4) is 0 Å². The van der Waals surface area contributed by atoms with Gasteiger partial charge in [-0.05, 0) is 70.8 Å². The lowest BCUT2D eigenvalue weighted by Crippen LogP contribution is -2.34. The number of hydrogen-bond acceptors (Lipinski definition) is 3. The van der Waals surface area contributed by atoms with E-state index in [0.29, 0.717) is 12.2 Å². The zero-order valence-electron chi connectivity index (χ0n) is 17.2. The second-order valence-electron chi connectivity index (χ2n) is 7.64. The first-order valence-corrected chi connectivity index (χ1v) is 10.8. The highest BCUT2D eigenvalue weighted by Crippen LogP contribution is 2.24. The van der Waals surface area contributed by atoms with Crippen molar-refractivity contribution in [3.63, 3.8) is 0 Å². The SMILES string of the molecule is CCCCC1CCN(CCCC(=O)c2ccccc2N(CC)CC)CC1. The van der Waals surface area contributed by atoms with E-state index in [2.05, 4.69) is 36.6 Å². The molecule has 1 aromatic carbocycles. The maximum atomic E-state index is 12.8. The summed E-state index contributed by atoms with van der Waals surface area (Å²) >= 11 is 0. The summed E-state index contributed by atoms with van der Waals surface area (Å²) in [4.78, 5) is 17.6. The molecule has 0 unspecified atom stereocenters. The van der Waals surface area contributed by atoms with Gasteiger partial charge < -0.3 is 9.80 Å². The molecule has 3 heteroatoms. The van der Waals surface area contributed by atoms with E-state index in [4.69, 9.17) is 0 Å². The summed E-state index contributed by atoms with van der Waals surface area (Å²) in [5.41, 5.74) is 1.99. The van der Waals surface area contributed by atoms with E-state index < -0.39 is 0 Å². The number of likely N-dealkylation sites (tertiary alicyclic amines) is 1. The molecule has 0 amide bonds. The van der Waals surface area contributed by atoms with Gasteiger partial charge in [-0.1, -0.05) is 38.3 Å². The molecule has 1 aliphatic heterocycles. The molecular formula is C23H38N2O. The lowest BCUT2D eigenvalue weighted by Gasteiger charge is -2.32. The van der Waals surface area contributed by atoms with Crippen molar-refractivity contribution in [2.24, 2.45) is 5.92 Å². The minimum atomic E-state index is 0.297. The average Bonchev–Trinajstić information content (AvgIpc) is 2.68. The number of carbonyl (C=O) groups is 1. The molecule has 0 spiro atoms. The fraction of sp³-hybridized carbons (Fsp3) is 0.696. The van der Waals surface area contributed by atoms with Gasteiger partial charge in [-0.15, -0.1) is 0 Å². The molecule has 0 atom stereocenters. The van der Waals surface area contributed by atoms with Crippen molar-refractivity contribution >= 4 is 11.5 Å². The fourth-order valence-electron chi connectivity index (χ4n) is 4.14. The quantitative estimate of drug-likeness (QED) is 0.495. The fourth-order valence-corrected chi connectivity index (χ4v) is 4.14. The maximum Gasteiger partial charge on any atom is 0.165 e. The molecule has 2 rings (SSSR count). The van der Waals surface area contributed by atoms with Crippen LogP contribution in [0.4, 0.5) is 5.69 Å². The Kier molecular flexibility index (Phi) is 9.17. The van der Waals surface area contributed by atoms with Crippen LogP contribution < -0.4 is 4.90 Å². The van der Waals surface area contributed by atoms with E-state index in [1.54, 1.807) is 0 Å². The van der Waals surface area contributed by atoms with E-state index in [-0.39, 0.29) is 0 Å². The van der Waals surface area contributed by atoms with Crippen molar-refractivity contribution in [1.29, 1.82) is 0 Å². The molecule has 3 nitrogen and oxygen atoms in total. The van der Waals surface area contributed by atoms with E-state index in [0.717, 1.165) is 43.2 Å². The molecule has 1 fully saturated rings. The highest BCUT2D eigenvalue weighted by Gasteiger charge is 2.19. The van der Waals surface area contributed by atoms with Crippen LogP contribution in [0.1, 0.15) is 76.1 Å². The van der Waals surface area contributed by atoms with Crippen LogP contribution in [0.25, 0.3) is 0 Å². The molecule has 26 heavy (non-hydrogen) atoms. The number of anilines is 1. The van der Waals surface area contributed by atoms with Gasteiger partial charge in [0.05, 0.1) is 0 Å². The average molecular weight is 359 g/mol. The minimum absolute atomic E-state index is 0.297. The van der Waals surface area contributed by atoms with Crippen molar-refractivity contribution in [2.75, 3.05) is 37.6 Å². The van der Waals surface area contributed by atoms with Crippen molar-refractivity contribution in [3.8, 4) is 0 Å². The molecule has 0 aromatic heterocycles. The molecule has 0 radical (unpaired) electrons. The van der Waals surface area contributed by atoms with Crippen LogP contribution in [-0.4, -0.2) is 43.4 Å². The molecule has 1 saturated heterocycles. The Labute approximate surface area is 160 Å². The Hall–Kier alpha value is -1.35. The third kappa shape index (κ3) is 6.12. The lowest BCUT2D eigenvalue weighted by atomic mass is 9.91. The van der Waals surface area contributed by atoms with Crippen LogP contribution in [0.5, 0.6) is 0 Å². The van der Waals surface area contributed by atoms with Gasteiger partial charge in [0, 0.05) is 30.8 Å². The van der Waals surface area contributed by atoms with Crippen molar-refractivity contribution in [1.82, 2.24) is 4.90 Å². The first-order chi connectivity index (χ1) is 12.7. The highest BCUT2D eigenvalue weighted by atomic mass is 16.1. The van der Waals surface area contributed by atoms with Gasteiger partial charge in [-0.25, -0.2) is 0 Å². The van der Waals surface area contributed by atoms with Gasteiger partial charge in [0.25, 0.3) is 0 Å². The van der Waals surface area contributed by atoms with Gasteiger partial charge in [0.2, 0.25) is 0 Å². The maximum absolute atomic E-state index is 12.8. The molecule has 1 aromatic rings. The Bertz CT molecular complexity index is 531. The van der Waals surface area contributed by atoms with Gasteiger partial charge in [0.1, 0.15) is 0 Å². The lowest BCUT2D eigenvalue weighted by molar-refractivity contribution is 0.0970. The van der Waals surface area contributed by atoms with E-state index in [9.17, 15) is 4.79 Å². The number of Topliss-reactive ketones (excluding diaryl/α,β-unsaturated/α-hetero) is 1. The van der Waals surface area contributed by atoms with E-state index >= 15 is 0 Å². The van der Waals surface area contributed by atoms with Gasteiger partial charge in [-0.3, -0.25) is 4.79 Å². The van der Waals surface area contributed by atoms with E-state index in [1.165, 1.54) is 45.2 Å². The summed E-state index contributed by atoms with van der Waals surface area (Å²) in [6, 6.07) is 8.10. The number of unbranched alkanes of at least 4 members (excludes halogenated alkanes) is 1. The minimum Gasteiger partial charge on any atom is -0.372 e. The number of benzene rings is 1. The van der Waals surface area contributed by atoms with E-state index in [1.807, 2.05) is 18.2 Å². The third-order valence-electron chi connectivity index (χ3n) is 5.86.